The fourth-order valence-electron chi connectivity index (χ4n) is 2.10. The van der Waals surface area contributed by atoms with Crippen LogP contribution in [0.4, 0.5) is 15.4 Å². The predicted molar refractivity (Wildman–Crippen MR) is 107 cm³/mol. The average molecular weight is 393 g/mol. The molecule has 1 heterocycles. The van der Waals surface area contributed by atoms with Crippen LogP contribution in [0.15, 0.2) is 18.3 Å². The van der Waals surface area contributed by atoms with E-state index in [0.29, 0.717) is 37.2 Å². The molecule has 1 rings (SSSR count). The number of rotatable bonds is 7. The quantitative estimate of drug-likeness (QED) is 0.528. The minimum Gasteiger partial charge on any atom is -0.444 e. The summed E-state index contributed by atoms with van der Waals surface area (Å²) in [7, 11) is 0. The zero-order chi connectivity index (χ0) is 21.4. The highest BCUT2D eigenvalue weighted by molar-refractivity contribution is 5.96. The molecule has 0 aliphatic heterocycles. The van der Waals surface area contributed by atoms with Crippen molar-refractivity contribution in [1.82, 2.24) is 10.3 Å². The van der Waals surface area contributed by atoms with Crippen LogP contribution >= 0.6 is 0 Å². The lowest BCUT2D eigenvalue weighted by molar-refractivity contribution is 0.0526. The maximum atomic E-state index is 12.2. The molecule has 0 spiro atoms. The molecule has 0 atom stereocenters. The van der Waals surface area contributed by atoms with Crippen LogP contribution in [0.1, 0.15) is 71.2 Å². The molecular formula is C20H31N3O5. The van der Waals surface area contributed by atoms with E-state index >= 15 is 0 Å². The molecule has 0 aromatic carbocycles. The lowest BCUT2D eigenvalue weighted by Crippen LogP contribution is -2.33. The molecule has 2 amide bonds. The molecule has 0 aliphatic rings. The molecule has 0 fully saturated rings. The molecule has 0 unspecified atom stereocenters. The number of ketones is 1. The van der Waals surface area contributed by atoms with E-state index < -0.39 is 23.4 Å². The van der Waals surface area contributed by atoms with Crippen molar-refractivity contribution in [1.29, 1.82) is 0 Å². The van der Waals surface area contributed by atoms with E-state index in [4.69, 9.17) is 9.47 Å². The van der Waals surface area contributed by atoms with Crippen molar-refractivity contribution in [2.24, 2.45) is 0 Å². The number of hydrogen-bond donors (Lipinski definition) is 2. The van der Waals surface area contributed by atoms with Crippen molar-refractivity contribution in [3.8, 4) is 0 Å². The molecule has 28 heavy (non-hydrogen) atoms. The van der Waals surface area contributed by atoms with E-state index in [9.17, 15) is 14.4 Å². The molecule has 0 radical (unpaired) electrons. The van der Waals surface area contributed by atoms with E-state index in [-0.39, 0.29) is 5.78 Å². The molecule has 2 N–H and O–H groups in total. The zero-order valence-electron chi connectivity index (χ0n) is 17.5. The van der Waals surface area contributed by atoms with Crippen LogP contribution in [0.2, 0.25) is 0 Å². The largest absolute Gasteiger partial charge is 0.444 e. The van der Waals surface area contributed by atoms with Gasteiger partial charge >= 0.3 is 12.2 Å². The maximum absolute atomic E-state index is 12.2. The highest BCUT2D eigenvalue weighted by atomic mass is 16.6. The van der Waals surface area contributed by atoms with E-state index in [1.807, 2.05) is 0 Å². The number of unbranched alkanes of at least 4 members (excludes halogenated alkanes) is 1. The number of hydrogen-bond acceptors (Lipinski definition) is 6. The first-order valence-electron chi connectivity index (χ1n) is 9.32. The van der Waals surface area contributed by atoms with Gasteiger partial charge in [0.2, 0.25) is 0 Å². The van der Waals surface area contributed by atoms with Gasteiger partial charge in [-0.1, -0.05) is 0 Å². The van der Waals surface area contributed by atoms with Gasteiger partial charge in [0.25, 0.3) is 0 Å². The number of Topliss-reactive ketones (excluding diaryl/α,β-unsaturated/α-hetero) is 1. The second-order valence-corrected chi connectivity index (χ2v) is 8.37. The number of alkyl carbamates (subject to hydrolysis) is 1. The van der Waals surface area contributed by atoms with Crippen molar-refractivity contribution in [2.75, 3.05) is 11.9 Å². The standard InChI is InChI=1S/C20H31N3O5/c1-19(2,3)27-17(25)21-12-8-7-9-15(24)14-10-11-16(22-13-14)23-18(26)28-20(4,5)6/h10-11,13H,7-9,12H2,1-6H3,(H,21,25)(H,22,23,26). The highest BCUT2D eigenvalue weighted by Gasteiger charge is 2.17. The molecule has 1 aromatic rings. The van der Waals surface area contributed by atoms with Crippen molar-refractivity contribution >= 4 is 23.8 Å². The molecule has 0 aliphatic carbocycles. The average Bonchev–Trinajstić information content (AvgIpc) is 2.51. The number of carbonyl (C=O) groups excluding carboxylic acids is 3. The SMILES string of the molecule is CC(C)(C)OC(=O)NCCCCC(=O)c1ccc(NC(=O)OC(C)(C)C)nc1. The van der Waals surface area contributed by atoms with Crippen LogP contribution in [0, 0.1) is 0 Å². The lowest BCUT2D eigenvalue weighted by atomic mass is 10.1. The number of ether oxygens (including phenoxy) is 2. The Morgan fingerprint density at radius 2 is 1.54 bits per heavy atom. The van der Waals surface area contributed by atoms with Crippen molar-refractivity contribution < 1.29 is 23.9 Å². The molecule has 8 heteroatoms. The number of nitrogens with one attached hydrogen (secondary N) is 2. The van der Waals surface area contributed by atoms with Gasteiger partial charge in [0, 0.05) is 24.7 Å². The minimum atomic E-state index is -0.600. The van der Waals surface area contributed by atoms with Gasteiger partial charge in [-0.25, -0.2) is 14.6 Å². The normalized spacial score (nSPS) is 11.5. The Morgan fingerprint density at radius 3 is 2.07 bits per heavy atom. The first-order valence-corrected chi connectivity index (χ1v) is 9.32. The van der Waals surface area contributed by atoms with Crippen molar-refractivity contribution in [3.05, 3.63) is 23.9 Å². The van der Waals surface area contributed by atoms with E-state index in [1.54, 1.807) is 53.7 Å². The molecule has 156 valence electrons. The van der Waals surface area contributed by atoms with Crippen LogP contribution in [-0.4, -0.2) is 40.7 Å². The van der Waals surface area contributed by atoms with Gasteiger partial charge < -0.3 is 14.8 Å². The molecular weight excluding hydrogens is 362 g/mol. The summed E-state index contributed by atoms with van der Waals surface area (Å²) >= 11 is 0. The van der Waals surface area contributed by atoms with Gasteiger partial charge in [-0.3, -0.25) is 10.1 Å². The summed E-state index contributed by atoms with van der Waals surface area (Å²) < 4.78 is 10.3. The molecule has 8 nitrogen and oxygen atoms in total. The summed E-state index contributed by atoms with van der Waals surface area (Å²) in [6.45, 7) is 11.1. The number of aromatic nitrogens is 1. The first kappa shape index (κ1) is 23.4. The van der Waals surface area contributed by atoms with Gasteiger partial charge in [0.15, 0.2) is 5.78 Å². The topological polar surface area (TPSA) is 107 Å². The fourth-order valence-corrected chi connectivity index (χ4v) is 2.10. The Labute approximate surface area is 166 Å². The predicted octanol–water partition coefficient (Wildman–Crippen LogP) is 4.31. The maximum Gasteiger partial charge on any atom is 0.413 e. The number of amides is 2. The summed E-state index contributed by atoms with van der Waals surface area (Å²) in [5.41, 5.74) is -0.662. The molecule has 1 aromatic heterocycles. The molecule has 0 bridgehead atoms. The van der Waals surface area contributed by atoms with E-state index in [0.717, 1.165) is 0 Å². The van der Waals surface area contributed by atoms with Crippen LogP contribution in [0.5, 0.6) is 0 Å². The van der Waals surface area contributed by atoms with Crippen LogP contribution < -0.4 is 10.6 Å². The Kier molecular flexibility index (Phi) is 8.40. The molecule has 0 saturated carbocycles. The third kappa shape index (κ3) is 10.5. The molecule has 0 saturated heterocycles. The van der Waals surface area contributed by atoms with Crippen LogP contribution in [-0.2, 0) is 9.47 Å². The highest BCUT2D eigenvalue weighted by Crippen LogP contribution is 2.12. The Bertz CT molecular complexity index is 673. The van der Waals surface area contributed by atoms with Gasteiger partial charge in [0.1, 0.15) is 17.0 Å². The van der Waals surface area contributed by atoms with Crippen LogP contribution in [0.3, 0.4) is 0 Å². The first-order chi connectivity index (χ1) is 12.9. The van der Waals surface area contributed by atoms with E-state index in [2.05, 4.69) is 15.6 Å². The van der Waals surface area contributed by atoms with E-state index in [1.165, 1.54) is 6.20 Å². The Balaban J connectivity index is 2.33. The summed E-state index contributed by atoms with van der Waals surface area (Å²) in [6.07, 6.45) is 2.00. The zero-order valence-corrected chi connectivity index (χ0v) is 17.5. The van der Waals surface area contributed by atoms with Crippen molar-refractivity contribution in [2.45, 2.75) is 72.0 Å². The monoisotopic (exact) mass is 393 g/mol. The Hall–Kier alpha value is -2.64. The Morgan fingerprint density at radius 1 is 0.929 bits per heavy atom. The number of carbonyl (C=O) groups is 3. The lowest BCUT2D eigenvalue weighted by Gasteiger charge is -2.19. The smallest absolute Gasteiger partial charge is 0.413 e. The van der Waals surface area contributed by atoms with Gasteiger partial charge in [0.05, 0.1) is 0 Å². The third-order valence-corrected chi connectivity index (χ3v) is 3.21. The van der Waals surface area contributed by atoms with Gasteiger partial charge in [-0.2, -0.15) is 0 Å². The summed E-state index contributed by atoms with van der Waals surface area (Å²) in [6, 6.07) is 3.17. The van der Waals surface area contributed by atoms with Gasteiger partial charge in [-0.05, 0) is 66.5 Å². The summed E-state index contributed by atoms with van der Waals surface area (Å²) in [5, 5.41) is 5.17. The van der Waals surface area contributed by atoms with Gasteiger partial charge in [-0.15, -0.1) is 0 Å². The van der Waals surface area contributed by atoms with Crippen LogP contribution in [0.25, 0.3) is 0 Å². The summed E-state index contributed by atoms with van der Waals surface area (Å²) in [4.78, 5) is 39.5. The minimum absolute atomic E-state index is 0.0476. The van der Waals surface area contributed by atoms with Crippen molar-refractivity contribution in [3.63, 3.8) is 0 Å². The fraction of sp³-hybridized carbons (Fsp3) is 0.600. The number of anilines is 1. The third-order valence-electron chi connectivity index (χ3n) is 3.21. The summed E-state index contributed by atoms with van der Waals surface area (Å²) in [5.74, 6) is 0.265. The second-order valence-electron chi connectivity index (χ2n) is 8.37. The second kappa shape index (κ2) is 10.1. The number of nitrogens with zero attached hydrogens (tertiary/aromatic N) is 1. The number of pyridine rings is 1.